The lowest BCUT2D eigenvalue weighted by molar-refractivity contribution is 0.0995. The summed E-state index contributed by atoms with van der Waals surface area (Å²) in [7, 11) is 0. The van der Waals surface area contributed by atoms with E-state index < -0.39 is 5.91 Å². The van der Waals surface area contributed by atoms with E-state index in [2.05, 4.69) is 24.8 Å². The fourth-order valence-corrected chi connectivity index (χ4v) is 3.31. The molecule has 1 fully saturated rings. The average molecular weight is 353 g/mol. The Bertz CT molecular complexity index is 955. The number of nitrogens with zero attached hydrogens (tertiary/aromatic N) is 6. The maximum atomic E-state index is 11.4. The lowest BCUT2D eigenvalue weighted by Gasteiger charge is -2.35. The summed E-state index contributed by atoms with van der Waals surface area (Å²) in [5, 5.41) is 9.65. The number of primary amides is 1. The van der Waals surface area contributed by atoms with E-state index >= 15 is 0 Å². The highest BCUT2D eigenvalue weighted by Gasteiger charge is 2.23. The van der Waals surface area contributed by atoms with Crippen LogP contribution in [0.4, 0.5) is 5.82 Å². The number of aromatic nitrogens is 5. The first kappa shape index (κ1) is 16.4. The van der Waals surface area contributed by atoms with Crippen LogP contribution in [-0.2, 0) is 0 Å². The first-order valence-corrected chi connectivity index (χ1v) is 8.51. The Morgan fingerprint density at radius 3 is 2.96 bits per heavy atom. The van der Waals surface area contributed by atoms with Crippen LogP contribution in [0.15, 0.2) is 30.9 Å². The van der Waals surface area contributed by atoms with Gasteiger partial charge in [-0.05, 0) is 25.3 Å². The van der Waals surface area contributed by atoms with E-state index in [1.807, 2.05) is 6.07 Å². The van der Waals surface area contributed by atoms with Crippen molar-refractivity contribution >= 4 is 17.4 Å². The third kappa shape index (κ3) is 2.86. The fraction of sp³-hybridized carbons (Fsp3) is 0.353. The highest BCUT2D eigenvalue weighted by molar-refractivity contribution is 5.90. The van der Waals surface area contributed by atoms with E-state index in [1.54, 1.807) is 16.8 Å². The molecular formula is C17H19N7O2. The molecule has 1 atom stereocenters. The third-order valence-electron chi connectivity index (χ3n) is 4.65. The van der Waals surface area contributed by atoms with Crippen molar-refractivity contribution in [2.24, 2.45) is 5.73 Å². The van der Waals surface area contributed by atoms with Gasteiger partial charge in [0.25, 0.3) is 5.91 Å². The van der Waals surface area contributed by atoms with Crippen LogP contribution in [0, 0.1) is 0 Å². The molecule has 1 amide bonds. The summed E-state index contributed by atoms with van der Waals surface area (Å²) in [5.41, 5.74) is 6.68. The van der Waals surface area contributed by atoms with E-state index in [0.717, 1.165) is 31.6 Å². The number of piperidine rings is 1. The molecular weight excluding hydrogens is 334 g/mol. The molecule has 3 N–H and O–H groups in total. The Morgan fingerprint density at radius 1 is 1.27 bits per heavy atom. The normalized spacial score (nSPS) is 17.6. The second-order valence-electron chi connectivity index (χ2n) is 6.27. The zero-order valence-corrected chi connectivity index (χ0v) is 14.1. The van der Waals surface area contributed by atoms with Crippen molar-refractivity contribution in [2.45, 2.75) is 25.3 Å². The summed E-state index contributed by atoms with van der Waals surface area (Å²) in [6, 6.07) is 1.91. The Hall–Kier alpha value is -3.07. The van der Waals surface area contributed by atoms with Gasteiger partial charge in [0, 0.05) is 18.9 Å². The number of fused-ring (bicyclic) bond motifs is 1. The largest absolute Gasteiger partial charge is 0.394 e. The molecule has 9 nitrogen and oxygen atoms in total. The molecule has 4 rings (SSSR count). The summed E-state index contributed by atoms with van der Waals surface area (Å²) >= 11 is 0. The number of aliphatic hydroxyl groups excluding tert-OH is 1. The molecule has 1 aliphatic heterocycles. The Balaban J connectivity index is 1.76. The van der Waals surface area contributed by atoms with E-state index in [0.29, 0.717) is 17.2 Å². The topological polar surface area (TPSA) is 123 Å². The van der Waals surface area contributed by atoms with Crippen LogP contribution in [0.2, 0.25) is 0 Å². The van der Waals surface area contributed by atoms with Crippen LogP contribution in [0.3, 0.4) is 0 Å². The van der Waals surface area contributed by atoms with Crippen molar-refractivity contribution in [3.8, 4) is 11.5 Å². The van der Waals surface area contributed by atoms with Crippen molar-refractivity contribution in [3.63, 3.8) is 0 Å². The fourth-order valence-electron chi connectivity index (χ4n) is 3.31. The first-order valence-electron chi connectivity index (χ1n) is 8.51. The zero-order chi connectivity index (χ0) is 18.1. The number of rotatable bonds is 4. The van der Waals surface area contributed by atoms with Gasteiger partial charge in [0.2, 0.25) is 0 Å². The molecule has 0 aliphatic carbocycles. The maximum Gasteiger partial charge on any atom is 0.268 e. The highest BCUT2D eigenvalue weighted by Crippen LogP contribution is 2.25. The molecule has 0 spiro atoms. The monoisotopic (exact) mass is 353 g/mol. The predicted octanol–water partition coefficient (Wildman–Crippen LogP) is 0.636. The Kier molecular flexibility index (Phi) is 4.21. The standard InChI is InChI=1S/C17H19N7O2/c18-16(26)12-9-24-13(7-21-15(24)8-20-12)17-19-5-4-14(22-17)23-6-2-1-3-11(23)10-25/h4-5,7-9,11,25H,1-3,6,10H2,(H2,18,26). The summed E-state index contributed by atoms with van der Waals surface area (Å²) in [6.07, 6.45) is 9.47. The van der Waals surface area contributed by atoms with Gasteiger partial charge in [-0.2, -0.15) is 0 Å². The van der Waals surface area contributed by atoms with Crippen LogP contribution < -0.4 is 10.6 Å². The molecule has 0 aromatic carbocycles. The number of amides is 1. The van der Waals surface area contributed by atoms with Gasteiger partial charge < -0.3 is 15.7 Å². The van der Waals surface area contributed by atoms with Gasteiger partial charge >= 0.3 is 0 Å². The number of nitrogens with two attached hydrogens (primary N) is 1. The van der Waals surface area contributed by atoms with Gasteiger partial charge in [-0.15, -0.1) is 0 Å². The molecule has 0 saturated carbocycles. The van der Waals surface area contributed by atoms with Gasteiger partial charge in [-0.25, -0.2) is 19.9 Å². The highest BCUT2D eigenvalue weighted by atomic mass is 16.3. The molecule has 134 valence electrons. The molecule has 26 heavy (non-hydrogen) atoms. The van der Waals surface area contributed by atoms with Crippen molar-refractivity contribution in [2.75, 3.05) is 18.1 Å². The summed E-state index contributed by atoms with van der Waals surface area (Å²) in [4.78, 5) is 30.8. The second-order valence-corrected chi connectivity index (χ2v) is 6.27. The number of imidazole rings is 1. The smallest absolute Gasteiger partial charge is 0.268 e. The Labute approximate surface area is 149 Å². The van der Waals surface area contributed by atoms with Gasteiger partial charge in [-0.1, -0.05) is 0 Å². The van der Waals surface area contributed by atoms with Crippen LogP contribution in [0.1, 0.15) is 29.8 Å². The molecule has 3 aromatic rings. The SMILES string of the molecule is NC(=O)c1cn2c(-c3nccc(N4CCCCC4CO)n3)cnc2cn1. The van der Waals surface area contributed by atoms with E-state index in [-0.39, 0.29) is 18.3 Å². The molecule has 4 heterocycles. The van der Waals surface area contributed by atoms with Crippen molar-refractivity contribution in [1.82, 2.24) is 24.3 Å². The minimum atomic E-state index is -0.611. The summed E-state index contributed by atoms with van der Waals surface area (Å²) in [6.45, 7) is 0.952. The van der Waals surface area contributed by atoms with E-state index in [4.69, 9.17) is 5.73 Å². The first-order chi connectivity index (χ1) is 12.7. The molecule has 1 aliphatic rings. The lowest BCUT2D eigenvalue weighted by atomic mass is 10.0. The predicted molar refractivity (Wildman–Crippen MR) is 94.6 cm³/mol. The second kappa shape index (κ2) is 6.68. The molecule has 0 radical (unpaired) electrons. The van der Waals surface area contributed by atoms with Crippen molar-refractivity contribution < 1.29 is 9.90 Å². The van der Waals surface area contributed by atoms with Gasteiger partial charge in [0.1, 0.15) is 17.2 Å². The van der Waals surface area contributed by atoms with Crippen LogP contribution in [-0.4, -0.2) is 54.5 Å². The number of hydrogen-bond donors (Lipinski definition) is 2. The number of aliphatic hydroxyl groups is 1. The van der Waals surface area contributed by atoms with E-state index in [9.17, 15) is 9.90 Å². The zero-order valence-electron chi connectivity index (χ0n) is 14.1. The van der Waals surface area contributed by atoms with Crippen LogP contribution in [0.5, 0.6) is 0 Å². The molecule has 3 aromatic heterocycles. The maximum absolute atomic E-state index is 11.4. The number of hydrogen-bond acceptors (Lipinski definition) is 7. The van der Waals surface area contributed by atoms with Gasteiger partial charge in [-0.3, -0.25) is 9.20 Å². The molecule has 0 bridgehead atoms. The van der Waals surface area contributed by atoms with Crippen molar-refractivity contribution in [1.29, 1.82) is 0 Å². The minimum absolute atomic E-state index is 0.0688. The third-order valence-corrected chi connectivity index (χ3v) is 4.65. The molecule has 1 saturated heterocycles. The Morgan fingerprint density at radius 2 is 2.15 bits per heavy atom. The van der Waals surface area contributed by atoms with E-state index in [1.165, 1.54) is 12.4 Å². The summed E-state index contributed by atoms with van der Waals surface area (Å²) < 4.78 is 1.70. The van der Waals surface area contributed by atoms with Gasteiger partial charge in [0.15, 0.2) is 11.5 Å². The van der Waals surface area contributed by atoms with Crippen LogP contribution >= 0.6 is 0 Å². The quantitative estimate of drug-likeness (QED) is 0.705. The minimum Gasteiger partial charge on any atom is -0.394 e. The number of carbonyl (C=O) groups is 1. The lowest BCUT2D eigenvalue weighted by Crippen LogP contribution is -2.42. The average Bonchev–Trinajstić information content (AvgIpc) is 3.11. The molecule has 1 unspecified atom stereocenters. The summed E-state index contributed by atoms with van der Waals surface area (Å²) in [5.74, 6) is 0.645. The number of carbonyl (C=O) groups excluding carboxylic acids is 1. The van der Waals surface area contributed by atoms with Crippen molar-refractivity contribution in [3.05, 3.63) is 36.5 Å². The molecule has 9 heteroatoms. The van der Waals surface area contributed by atoms with Gasteiger partial charge in [0.05, 0.1) is 25.0 Å². The number of anilines is 1. The van der Waals surface area contributed by atoms with Crippen LogP contribution in [0.25, 0.3) is 17.2 Å².